The summed E-state index contributed by atoms with van der Waals surface area (Å²) in [5.41, 5.74) is 0.770. The summed E-state index contributed by atoms with van der Waals surface area (Å²) < 4.78 is 32.8. The Balaban J connectivity index is 1.39. The van der Waals surface area contributed by atoms with Gasteiger partial charge in [0.05, 0.1) is 17.1 Å². The summed E-state index contributed by atoms with van der Waals surface area (Å²) >= 11 is 0. The highest BCUT2D eigenvalue weighted by Crippen LogP contribution is 2.25. The minimum absolute atomic E-state index is 0.188. The van der Waals surface area contributed by atoms with Gasteiger partial charge in [-0.3, -0.25) is 9.10 Å². The highest BCUT2D eigenvalue weighted by molar-refractivity contribution is 7.92. The summed E-state index contributed by atoms with van der Waals surface area (Å²) in [5.74, 6) is 0.459. The number of ether oxygens (including phenoxy) is 1. The van der Waals surface area contributed by atoms with Crippen molar-refractivity contribution in [2.75, 3.05) is 24.5 Å². The van der Waals surface area contributed by atoms with E-state index in [9.17, 15) is 13.2 Å². The van der Waals surface area contributed by atoms with Gasteiger partial charge in [-0.05, 0) is 41.8 Å². The summed E-state index contributed by atoms with van der Waals surface area (Å²) in [7, 11) is -2.25. The molecule has 33 heavy (non-hydrogen) atoms. The number of amides is 1. The molecule has 0 heterocycles. The van der Waals surface area contributed by atoms with Gasteiger partial charge in [0, 0.05) is 18.0 Å². The number of nitrogens with one attached hydrogen (secondary N) is 1. The zero-order valence-electron chi connectivity index (χ0n) is 18.1. The number of rotatable bonds is 8. The molecule has 0 saturated heterocycles. The molecule has 0 unspecified atom stereocenters. The predicted molar refractivity (Wildman–Crippen MR) is 130 cm³/mol. The maximum atomic E-state index is 12.9. The Kier molecular flexibility index (Phi) is 6.60. The largest absolute Gasteiger partial charge is 0.491 e. The van der Waals surface area contributed by atoms with E-state index in [1.165, 1.54) is 11.4 Å². The highest BCUT2D eigenvalue weighted by Gasteiger charge is 2.21. The Morgan fingerprint density at radius 2 is 1.58 bits per heavy atom. The smallest absolute Gasteiger partial charge is 0.264 e. The monoisotopic (exact) mass is 460 g/mol. The van der Waals surface area contributed by atoms with Crippen molar-refractivity contribution in [3.63, 3.8) is 0 Å². The molecule has 0 bridgehead atoms. The van der Waals surface area contributed by atoms with Crippen LogP contribution >= 0.6 is 0 Å². The van der Waals surface area contributed by atoms with E-state index in [1.807, 2.05) is 42.5 Å². The van der Waals surface area contributed by atoms with Crippen LogP contribution in [0.25, 0.3) is 10.8 Å². The number of nitrogens with zero attached hydrogens (tertiary/aromatic N) is 1. The first-order valence-electron chi connectivity index (χ1n) is 10.5. The molecule has 1 N–H and O–H groups in total. The molecule has 168 valence electrons. The van der Waals surface area contributed by atoms with E-state index >= 15 is 0 Å². The number of carbonyl (C=O) groups is 1. The minimum atomic E-state index is -3.72. The van der Waals surface area contributed by atoms with Gasteiger partial charge in [-0.25, -0.2) is 8.42 Å². The number of anilines is 1. The first-order valence-corrected chi connectivity index (χ1v) is 11.9. The van der Waals surface area contributed by atoms with Crippen molar-refractivity contribution in [3.8, 4) is 5.75 Å². The molecule has 0 radical (unpaired) electrons. The van der Waals surface area contributed by atoms with E-state index < -0.39 is 10.0 Å². The summed E-state index contributed by atoms with van der Waals surface area (Å²) in [6, 6.07) is 28.5. The second-order valence-electron chi connectivity index (χ2n) is 7.42. The zero-order valence-corrected chi connectivity index (χ0v) is 19.0. The third-order valence-electron chi connectivity index (χ3n) is 5.27. The summed E-state index contributed by atoms with van der Waals surface area (Å²) in [5, 5.41) is 4.93. The van der Waals surface area contributed by atoms with Crippen LogP contribution in [0.5, 0.6) is 5.75 Å². The third-order valence-corrected chi connectivity index (χ3v) is 7.07. The molecule has 0 fully saturated rings. The van der Waals surface area contributed by atoms with Crippen LogP contribution in [0.2, 0.25) is 0 Å². The van der Waals surface area contributed by atoms with Crippen LogP contribution < -0.4 is 14.4 Å². The molecule has 4 rings (SSSR count). The lowest BCUT2D eigenvalue weighted by molar-refractivity contribution is 0.0947. The molecule has 0 saturated carbocycles. The van der Waals surface area contributed by atoms with E-state index in [2.05, 4.69) is 5.32 Å². The number of hydrogen-bond donors (Lipinski definition) is 1. The number of carbonyl (C=O) groups excluding carboxylic acids is 1. The first-order chi connectivity index (χ1) is 16.0. The van der Waals surface area contributed by atoms with Gasteiger partial charge in [0.15, 0.2) is 0 Å². The number of fused-ring (bicyclic) bond motifs is 1. The van der Waals surface area contributed by atoms with E-state index in [0.29, 0.717) is 24.4 Å². The van der Waals surface area contributed by atoms with Crippen molar-refractivity contribution >= 4 is 32.4 Å². The topological polar surface area (TPSA) is 75.7 Å². The van der Waals surface area contributed by atoms with Crippen LogP contribution in [0.3, 0.4) is 0 Å². The van der Waals surface area contributed by atoms with Crippen molar-refractivity contribution in [3.05, 3.63) is 103 Å². The highest BCUT2D eigenvalue weighted by atomic mass is 32.2. The van der Waals surface area contributed by atoms with E-state index in [0.717, 1.165) is 16.5 Å². The van der Waals surface area contributed by atoms with Crippen LogP contribution in [-0.2, 0) is 10.0 Å². The molecule has 4 aromatic carbocycles. The van der Waals surface area contributed by atoms with E-state index in [1.54, 1.807) is 54.6 Å². The van der Waals surface area contributed by atoms with Gasteiger partial charge in [-0.15, -0.1) is 0 Å². The summed E-state index contributed by atoms with van der Waals surface area (Å²) in [6.45, 7) is 0.617. The fourth-order valence-electron chi connectivity index (χ4n) is 3.48. The first kappa shape index (κ1) is 22.4. The maximum Gasteiger partial charge on any atom is 0.264 e. The van der Waals surface area contributed by atoms with Gasteiger partial charge >= 0.3 is 0 Å². The lowest BCUT2D eigenvalue weighted by Crippen LogP contribution is -2.29. The maximum absolute atomic E-state index is 12.9. The van der Waals surface area contributed by atoms with Crippen molar-refractivity contribution < 1.29 is 17.9 Å². The SMILES string of the molecule is CN(c1cccc(C(=O)NCCOc2cccc3ccccc23)c1)S(=O)(=O)c1ccccc1. The van der Waals surface area contributed by atoms with Crippen LogP contribution in [-0.4, -0.2) is 34.5 Å². The molecule has 0 aromatic heterocycles. The minimum Gasteiger partial charge on any atom is -0.491 e. The van der Waals surface area contributed by atoms with Gasteiger partial charge < -0.3 is 10.1 Å². The van der Waals surface area contributed by atoms with E-state index in [4.69, 9.17) is 4.74 Å². The Labute approximate surface area is 193 Å². The molecule has 0 atom stereocenters. The fourth-order valence-corrected chi connectivity index (χ4v) is 4.69. The molecule has 7 heteroatoms. The van der Waals surface area contributed by atoms with E-state index in [-0.39, 0.29) is 10.8 Å². The quantitative estimate of drug-likeness (QED) is 0.394. The van der Waals surface area contributed by atoms with Crippen LogP contribution in [0.4, 0.5) is 5.69 Å². The van der Waals surface area contributed by atoms with Crippen molar-refractivity contribution in [1.29, 1.82) is 0 Å². The zero-order chi connectivity index (χ0) is 23.3. The molecule has 0 aliphatic heterocycles. The van der Waals surface area contributed by atoms with Crippen LogP contribution in [0, 0.1) is 0 Å². The van der Waals surface area contributed by atoms with Gasteiger partial charge in [-0.1, -0.05) is 60.7 Å². The molecule has 4 aromatic rings. The molecule has 0 aliphatic carbocycles. The molecular weight excluding hydrogens is 436 g/mol. The van der Waals surface area contributed by atoms with Gasteiger partial charge in [0.25, 0.3) is 15.9 Å². The van der Waals surface area contributed by atoms with Gasteiger partial charge in [-0.2, -0.15) is 0 Å². The molecular formula is C26H24N2O4S. The Bertz CT molecular complexity index is 1370. The van der Waals surface area contributed by atoms with Crippen molar-refractivity contribution in [1.82, 2.24) is 5.32 Å². The second kappa shape index (κ2) is 9.75. The standard InChI is InChI=1S/C26H24N2O4S/c1-28(33(30,31)23-13-3-2-4-14-23)22-12-7-11-21(19-22)26(29)27-17-18-32-25-16-8-10-20-9-5-6-15-24(20)25/h2-16,19H,17-18H2,1H3,(H,27,29). The van der Waals surface area contributed by atoms with Gasteiger partial charge in [0.2, 0.25) is 0 Å². The normalized spacial score (nSPS) is 11.2. The van der Waals surface area contributed by atoms with Crippen LogP contribution in [0.15, 0.2) is 102 Å². The van der Waals surface area contributed by atoms with Crippen molar-refractivity contribution in [2.24, 2.45) is 0 Å². The summed E-state index contributed by atoms with van der Waals surface area (Å²) in [4.78, 5) is 12.8. The number of hydrogen-bond acceptors (Lipinski definition) is 4. The molecule has 0 spiro atoms. The summed E-state index contributed by atoms with van der Waals surface area (Å²) in [6.07, 6.45) is 0. The fraction of sp³-hybridized carbons (Fsp3) is 0.115. The van der Waals surface area contributed by atoms with Crippen LogP contribution in [0.1, 0.15) is 10.4 Å². The average molecular weight is 461 g/mol. The Morgan fingerprint density at radius 3 is 2.39 bits per heavy atom. The lowest BCUT2D eigenvalue weighted by Gasteiger charge is -2.20. The predicted octanol–water partition coefficient (Wildman–Crippen LogP) is 4.47. The number of sulfonamides is 1. The van der Waals surface area contributed by atoms with Crippen molar-refractivity contribution in [2.45, 2.75) is 4.90 Å². The second-order valence-corrected chi connectivity index (χ2v) is 9.39. The molecule has 6 nitrogen and oxygen atoms in total. The number of benzene rings is 4. The average Bonchev–Trinajstić information content (AvgIpc) is 2.86. The third kappa shape index (κ3) is 4.99. The molecule has 1 amide bonds. The van der Waals surface area contributed by atoms with Gasteiger partial charge in [0.1, 0.15) is 12.4 Å². The lowest BCUT2D eigenvalue weighted by atomic mass is 10.1. The molecule has 0 aliphatic rings. The Hall–Kier alpha value is -3.84. The Morgan fingerprint density at radius 1 is 0.879 bits per heavy atom.